The van der Waals surface area contributed by atoms with Crippen LogP contribution in [0.2, 0.25) is 10.0 Å². The molecule has 4 rings (SSSR count). The number of carboxylic acids is 1. The second-order valence-electron chi connectivity index (χ2n) is 6.18. The molecule has 0 aliphatic rings. The van der Waals surface area contributed by atoms with Crippen LogP contribution in [0.3, 0.4) is 0 Å². The van der Waals surface area contributed by atoms with Gasteiger partial charge in [0.25, 0.3) is 5.91 Å². The molecule has 1 N–H and O–H groups in total. The van der Waals surface area contributed by atoms with Crippen molar-refractivity contribution in [1.82, 2.24) is 9.78 Å². The zero-order valence-electron chi connectivity index (χ0n) is 14.6. The molecule has 29 heavy (non-hydrogen) atoms. The lowest BCUT2D eigenvalue weighted by molar-refractivity contribution is 0.0696. The highest BCUT2D eigenvalue weighted by Gasteiger charge is 2.24. The zero-order valence-corrected chi connectivity index (χ0v) is 16.1. The van der Waals surface area contributed by atoms with Crippen LogP contribution >= 0.6 is 23.2 Å². The maximum Gasteiger partial charge on any atom is 0.335 e. The molecule has 5 nitrogen and oxygen atoms in total. The molecule has 144 valence electrons. The molecular weight excluding hydrogens is 418 g/mol. The molecule has 8 heteroatoms. The molecular formula is C21H11Cl2FN2O3. The highest BCUT2D eigenvalue weighted by Crippen LogP contribution is 2.32. The van der Waals surface area contributed by atoms with E-state index in [1.165, 1.54) is 36.4 Å². The highest BCUT2D eigenvalue weighted by atomic mass is 35.5. The normalized spacial score (nSPS) is 11.0. The molecule has 0 amide bonds. The van der Waals surface area contributed by atoms with Crippen molar-refractivity contribution in [1.29, 1.82) is 0 Å². The van der Waals surface area contributed by atoms with Crippen molar-refractivity contribution < 1.29 is 19.1 Å². The van der Waals surface area contributed by atoms with E-state index in [1.54, 1.807) is 24.3 Å². The predicted molar refractivity (Wildman–Crippen MR) is 108 cm³/mol. The third kappa shape index (κ3) is 3.26. The first kappa shape index (κ1) is 19.1. The number of aromatic carboxylic acids is 1. The van der Waals surface area contributed by atoms with Crippen LogP contribution in [0.5, 0.6) is 0 Å². The first-order valence-electron chi connectivity index (χ1n) is 8.38. The Kier molecular flexibility index (Phi) is 4.82. The minimum absolute atomic E-state index is 0.00526. The maximum absolute atomic E-state index is 14.7. The van der Waals surface area contributed by atoms with Crippen LogP contribution in [-0.4, -0.2) is 26.8 Å². The Morgan fingerprint density at radius 3 is 2.31 bits per heavy atom. The predicted octanol–water partition coefficient (Wildman–Crippen LogP) is 5.54. The number of rotatable bonds is 3. The van der Waals surface area contributed by atoms with Crippen molar-refractivity contribution in [3.8, 4) is 11.3 Å². The summed E-state index contributed by atoms with van der Waals surface area (Å²) in [6.45, 7) is 0. The molecule has 0 fully saturated rings. The third-order valence-electron chi connectivity index (χ3n) is 4.41. The monoisotopic (exact) mass is 428 g/mol. The van der Waals surface area contributed by atoms with E-state index in [-0.39, 0.29) is 32.4 Å². The van der Waals surface area contributed by atoms with Crippen molar-refractivity contribution in [2.24, 2.45) is 0 Å². The Morgan fingerprint density at radius 2 is 1.62 bits per heavy atom. The molecule has 0 saturated carbocycles. The largest absolute Gasteiger partial charge is 0.478 e. The standard InChI is InChI=1S/C21H11Cl2FN2O3/c22-14-7-3-8-15(23)17(14)20(27)26-19-13(6-2-9-16(19)24)18(25-26)11-4-1-5-12(10-11)21(28)29/h1-10H,(H,28,29). The van der Waals surface area contributed by atoms with Gasteiger partial charge >= 0.3 is 5.97 Å². The topological polar surface area (TPSA) is 72.2 Å². The van der Waals surface area contributed by atoms with Gasteiger partial charge in [-0.3, -0.25) is 4.79 Å². The highest BCUT2D eigenvalue weighted by molar-refractivity contribution is 6.40. The molecule has 3 aromatic carbocycles. The fourth-order valence-corrected chi connectivity index (χ4v) is 3.65. The average molecular weight is 429 g/mol. The van der Waals surface area contributed by atoms with Gasteiger partial charge < -0.3 is 5.11 Å². The van der Waals surface area contributed by atoms with Crippen LogP contribution in [0.15, 0.2) is 60.7 Å². The molecule has 4 aromatic rings. The molecule has 0 aliphatic carbocycles. The van der Waals surface area contributed by atoms with Crippen molar-refractivity contribution >= 4 is 46.0 Å². The van der Waals surface area contributed by atoms with Gasteiger partial charge in [-0.05, 0) is 30.3 Å². The second-order valence-corrected chi connectivity index (χ2v) is 7.00. The van der Waals surface area contributed by atoms with Gasteiger partial charge in [0, 0.05) is 10.9 Å². The van der Waals surface area contributed by atoms with E-state index >= 15 is 0 Å². The van der Waals surface area contributed by atoms with E-state index in [1.807, 2.05) is 0 Å². The van der Waals surface area contributed by atoms with Gasteiger partial charge in [-0.25, -0.2) is 9.18 Å². The molecule has 0 bridgehead atoms. The van der Waals surface area contributed by atoms with Gasteiger partial charge in [0.05, 0.1) is 21.2 Å². The Labute approximate surface area is 173 Å². The lowest BCUT2D eigenvalue weighted by Gasteiger charge is -2.07. The Bertz CT molecular complexity index is 1280. The first-order chi connectivity index (χ1) is 13.9. The van der Waals surface area contributed by atoms with Crippen LogP contribution in [-0.2, 0) is 0 Å². The molecule has 1 heterocycles. The summed E-state index contributed by atoms with van der Waals surface area (Å²) in [5, 5.41) is 14.1. The van der Waals surface area contributed by atoms with E-state index in [0.29, 0.717) is 10.9 Å². The Morgan fingerprint density at radius 1 is 0.966 bits per heavy atom. The lowest BCUT2D eigenvalue weighted by Crippen LogP contribution is -2.15. The van der Waals surface area contributed by atoms with Gasteiger partial charge in [-0.15, -0.1) is 0 Å². The van der Waals surface area contributed by atoms with Crippen LogP contribution < -0.4 is 0 Å². The van der Waals surface area contributed by atoms with Gasteiger partial charge in [-0.1, -0.05) is 53.5 Å². The molecule has 0 radical (unpaired) electrons. The quantitative estimate of drug-likeness (QED) is 0.465. The molecule has 1 aromatic heterocycles. The van der Waals surface area contributed by atoms with Gasteiger partial charge in [0.1, 0.15) is 17.0 Å². The molecule has 0 spiro atoms. The van der Waals surface area contributed by atoms with Gasteiger partial charge in [-0.2, -0.15) is 9.78 Å². The lowest BCUT2D eigenvalue weighted by atomic mass is 10.0. The number of carbonyl (C=O) groups excluding carboxylic acids is 1. The Balaban J connectivity index is 1.99. The van der Waals surface area contributed by atoms with E-state index in [9.17, 15) is 19.1 Å². The van der Waals surface area contributed by atoms with Crippen molar-refractivity contribution in [3.05, 3.63) is 87.7 Å². The maximum atomic E-state index is 14.7. The average Bonchev–Trinajstić information content (AvgIpc) is 3.09. The smallest absolute Gasteiger partial charge is 0.335 e. The third-order valence-corrected chi connectivity index (χ3v) is 5.04. The van der Waals surface area contributed by atoms with Gasteiger partial charge in [0.2, 0.25) is 0 Å². The summed E-state index contributed by atoms with van der Waals surface area (Å²) >= 11 is 12.3. The van der Waals surface area contributed by atoms with E-state index in [0.717, 1.165) is 4.68 Å². The summed E-state index contributed by atoms with van der Waals surface area (Å²) in [7, 11) is 0. The molecule has 0 unspecified atom stereocenters. The zero-order chi connectivity index (χ0) is 20.7. The van der Waals surface area contributed by atoms with Crippen molar-refractivity contribution in [2.45, 2.75) is 0 Å². The Hall–Kier alpha value is -3.22. The van der Waals surface area contributed by atoms with Crippen LogP contribution in [0, 0.1) is 5.82 Å². The number of para-hydroxylation sites is 1. The number of halogens is 3. The number of hydrogen-bond acceptors (Lipinski definition) is 3. The summed E-state index contributed by atoms with van der Waals surface area (Å²) in [4.78, 5) is 24.5. The van der Waals surface area contributed by atoms with Crippen LogP contribution in [0.25, 0.3) is 22.2 Å². The SMILES string of the molecule is O=C(O)c1cccc(-c2nn(C(=O)c3c(Cl)cccc3Cl)c3c(F)cccc23)c1. The van der Waals surface area contributed by atoms with E-state index < -0.39 is 17.7 Å². The number of nitrogens with zero attached hydrogens (tertiary/aromatic N) is 2. The van der Waals surface area contributed by atoms with E-state index in [2.05, 4.69) is 5.10 Å². The second kappa shape index (κ2) is 7.31. The number of aromatic nitrogens is 2. The summed E-state index contributed by atoms with van der Waals surface area (Å²) < 4.78 is 15.6. The minimum atomic E-state index is -1.11. The summed E-state index contributed by atoms with van der Waals surface area (Å²) in [5.74, 6) is -2.47. The molecule has 0 aliphatic heterocycles. The van der Waals surface area contributed by atoms with Crippen LogP contribution in [0.4, 0.5) is 4.39 Å². The summed E-state index contributed by atoms with van der Waals surface area (Å²) in [6.07, 6.45) is 0. The molecule has 0 saturated heterocycles. The number of fused-ring (bicyclic) bond motifs is 1. The fourth-order valence-electron chi connectivity index (χ4n) is 3.09. The number of benzene rings is 3. The molecule has 0 atom stereocenters. The van der Waals surface area contributed by atoms with E-state index in [4.69, 9.17) is 23.2 Å². The van der Waals surface area contributed by atoms with Crippen molar-refractivity contribution in [3.63, 3.8) is 0 Å². The van der Waals surface area contributed by atoms with Gasteiger partial charge in [0.15, 0.2) is 0 Å². The minimum Gasteiger partial charge on any atom is -0.478 e. The summed E-state index contributed by atoms with van der Waals surface area (Å²) in [6, 6.07) is 14.9. The number of carbonyl (C=O) groups is 2. The van der Waals surface area contributed by atoms with Crippen molar-refractivity contribution in [2.75, 3.05) is 0 Å². The summed E-state index contributed by atoms with van der Waals surface area (Å²) in [5.41, 5.74) is 0.678. The number of carboxylic acid groups (broad SMARTS) is 1. The fraction of sp³-hybridized carbons (Fsp3) is 0. The first-order valence-corrected chi connectivity index (χ1v) is 9.13. The van der Waals surface area contributed by atoms with Crippen LogP contribution in [0.1, 0.15) is 20.7 Å². The number of hydrogen-bond donors (Lipinski definition) is 1.